The highest BCUT2D eigenvalue weighted by molar-refractivity contribution is 5.81. The molecule has 0 aromatic heterocycles. The van der Waals surface area contributed by atoms with Crippen molar-refractivity contribution in [1.29, 1.82) is 0 Å². The van der Waals surface area contributed by atoms with Crippen LogP contribution in [0.4, 0.5) is 0 Å². The molecule has 0 radical (unpaired) electrons. The fraction of sp³-hybridized carbons (Fsp3) is 0.316. The molecule has 2 rings (SSSR count). The summed E-state index contributed by atoms with van der Waals surface area (Å²) in [4.78, 5) is 11.8. The summed E-state index contributed by atoms with van der Waals surface area (Å²) in [5.74, 6) is 0.761. The van der Waals surface area contributed by atoms with Crippen LogP contribution >= 0.6 is 0 Å². The van der Waals surface area contributed by atoms with Crippen LogP contribution < -0.4 is 15.8 Å². The topological polar surface area (TPSA) is 64.4 Å². The van der Waals surface area contributed by atoms with Crippen molar-refractivity contribution in [1.82, 2.24) is 5.32 Å². The van der Waals surface area contributed by atoms with Crippen LogP contribution in [-0.2, 0) is 17.9 Å². The first-order chi connectivity index (χ1) is 11.2. The van der Waals surface area contributed by atoms with E-state index in [2.05, 4.69) is 5.32 Å². The standard InChI is InChI=1S/C19H24N2O2/c1-2-6-18(20)19(22)21-13-15-9-11-16(12-10-15)14-23-17-7-4-3-5-8-17/h3-5,7-12,18H,2,6,13-14,20H2,1H3,(H,21,22). The van der Waals surface area contributed by atoms with E-state index >= 15 is 0 Å². The molecule has 2 aromatic carbocycles. The summed E-state index contributed by atoms with van der Waals surface area (Å²) in [5.41, 5.74) is 7.92. The van der Waals surface area contributed by atoms with Gasteiger partial charge in [-0.2, -0.15) is 0 Å². The minimum Gasteiger partial charge on any atom is -0.489 e. The second-order valence-corrected chi connectivity index (χ2v) is 5.53. The van der Waals surface area contributed by atoms with Crippen molar-refractivity contribution in [2.24, 2.45) is 5.73 Å². The van der Waals surface area contributed by atoms with Crippen LogP contribution in [0.3, 0.4) is 0 Å². The Morgan fingerprint density at radius 1 is 1.09 bits per heavy atom. The molecule has 0 spiro atoms. The summed E-state index contributed by atoms with van der Waals surface area (Å²) in [6.45, 7) is 3.04. The van der Waals surface area contributed by atoms with Crippen molar-refractivity contribution in [3.8, 4) is 5.75 Å². The lowest BCUT2D eigenvalue weighted by Crippen LogP contribution is -2.40. The Bertz CT molecular complexity index is 597. The number of rotatable bonds is 8. The van der Waals surface area contributed by atoms with Crippen LogP contribution in [0.2, 0.25) is 0 Å². The van der Waals surface area contributed by atoms with E-state index in [9.17, 15) is 4.79 Å². The zero-order valence-corrected chi connectivity index (χ0v) is 13.5. The Hall–Kier alpha value is -2.33. The molecule has 0 aliphatic heterocycles. The van der Waals surface area contributed by atoms with Gasteiger partial charge in [-0.05, 0) is 29.7 Å². The maximum absolute atomic E-state index is 11.8. The predicted octanol–water partition coefficient (Wildman–Crippen LogP) is 3.01. The number of hydrogen-bond donors (Lipinski definition) is 2. The fourth-order valence-corrected chi connectivity index (χ4v) is 2.20. The first kappa shape index (κ1) is 17.0. The summed E-state index contributed by atoms with van der Waals surface area (Å²) < 4.78 is 5.70. The first-order valence-corrected chi connectivity index (χ1v) is 7.98. The largest absolute Gasteiger partial charge is 0.489 e. The van der Waals surface area contributed by atoms with Gasteiger partial charge >= 0.3 is 0 Å². The SMILES string of the molecule is CCCC(N)C(=O)NCc1ccc(COc2ccccc2)cc1. The molecule has 1 atom stereocenters. The van der Waals surface area contributed by atoms with Gasteiger partial charge in [-0.25, -0.2) is 0 Å². The molecule has 0 aliphatic carbocycles. The molecule has 0 fully saturated rings. The predicted molar refractivity (Wildman–Crippen MR) is 91.9 cm³/mol. The maximum atomic E-state index is 11.8. The second-order valence-electron chi connectivity index (χ2n) is 5.53. The van der Waals surface area contributed by atoms with Gasteiger partial charge in [0.05, 0.1) is 6.04 Å². The zero-order valence-electron chi connectivity index (χ0n) is 13.5. The third kappa shape index (κ3) is 5.75. The monoisotopic (exact) mass is 312 g/mol. The van der Waals surface area contributed by atoms with Gasteiger partial charge in [0.15, 0.2) is 0 Å². The van der Waals surface area contributed by atoms with E-state index in [1.807, 2.05) is 61.5 Å². The van der Waals surface area contributed by atoms with E-state index in [0.717, 1.165) is 23.3 Å². The molecule has 2 aromatic rings. The number of ether oxygens (including phenoxy) is 1. The van der Waals surface area contributed by atoms with Gasteiger partial charge in [0.1, 0.15) is 12.4 Å². The van der Waals surface area contributed by atoms with Crippen molar-refractivity contribution in [3.63, 3.8) is 0 Å². The molecule has 0 saturated carbocycles. The van der Waals surface area contributed by atoms with Crippen molar-refractivity contribution in [3.05, 3.63) is 65.7 Å². The van der Waals surface area contributed by atoms with Gasteiger partial charge in [0, 0.05) is 6.54 Å². The molecule has 23 heavy (non-hydrogen) atoms. The second kappa shape index (κ2) is 8.96. The Kier molecular flexibility index (Phi) is 6.63. The van der Waals surface area contributed by atoms with E-state index in [1.54, 1.807) is 0 Å². The van der Waals surface area contributed by atoms with Gasteiger partial charge in [-0.1, -0.05) is 55.8 Å². The molecule has 4 heteroatoms. The molecule has 0 bridgehead atoms. The summed E-state index contributed by atoms with van der Waals surface area (Å²) >= 11 is 0. The van der Waals surface area contributed by atoms with E-state index < -0.39 is 6.04 Å². The highest BCUT2D eigenvalue weighted by Gasteiger charge is 2.11. The lowest BCUT2D eigenvalue weighted by atomic mass is 10.1. The van der Waals surface area contributed by atoms with Crippen molar-refractivity contribution in [2.45, 2.75) is 39.0 Å². The third-order valence-electron chi connectivity index (χ3n) is 3.57. The summed E-state index contributed by atoms with van der Waals surface area (Å²) in [5, 5.41) is 2.87. The number of carbonyl (C=O) groups excluding carboxylic acids is 1. The third-order valence-corrected chi connectivity index (χ3v) is 3.57. The van der Waals surface area contributed by atoms with Crippen molar-refractivity contribution < 1.29 is 9.53 Å². The van der Waals surface area contributed by atoms with Crippen molar-refractivity contribution >= 4 is 5.91 Å². The Labute approximate surface area is 137 Å². The van der Waals surface area contributed by atoms with E-state index in [1.165, 1.54) is 0 Å². The molecular formula is C19H24N2O2. The zero-order chi connectivity index (χ0) is 16.5. The molecule has 0 aliphatic rings. The number of carbonyl (C=O) groups is 1. The number of nitrogens with two attached hydrogens (primary N) is 1. The average Bonchev–Trinajstić information content (AvgIpc) is 2.60. The summed E-state index contributed by atoms with van der Waals surface area (Å²) in [6, 6.07) is 17.3. The molecule has 1 amide bonds. The van der Waals surface area contributed by atoms with Crippen molar-refractivity contribution in [2.75, 3.05) is 0 Å². The molecular weight excluding hydrogens is 288 g/mol. The number of para-hydroxylation sites is 1. The number of amides is 1. The Morgan fingerprint density at radius 3 is 2.39 bits per heavy atom. The van der Waals surface area contributed by atoms with E-state index in [0.29, 0.717) is 19.6 Å². The van der Waals surface area contributed by atoms with Crippen LogP contribution in [0.25, 0.3) is 0 Å². The smallest absolute Gasteiger partial charge is 0.237 e. The molecule has 3 N–H and O–H groups in total. The van der Waals surface area contributed by atoms with Gasteiger partial charge in [-0.15, -0.1) is 0 Å². The molecule has 1 unspecified atom stereocenters. The number of nitrogens with one attached hydrogen (secondary N) is 1. The number of benzene rings is 2. The molecule has 0 saturated heterocycles. The normalized spacial score (nSPS) is 11.7. The molecule has 4 nitrogen and oxygen atoms in total. The summed E-state index contributed by atoms with van der Waals surface area (Å²) in [7, 11) is 0. The lowest BCUT2D eigenvalue weighted by Gasteiger charge is -2.11. The molecule has 122 valence electrons. The average molecular weight is 312 g/mol. The van der Waals surface area contributed by atoms with Crippen LogP contribution in [0.15, 0.2) is 54.6 Å². The molecule has 0 heterocycles. The van der Waals surface area contributed by atoms with Gasteiger partial charge in [-0.3, -0.25) is 4.79 Å². The summed E-state index contributed by atoms with van der Waals surface area (Å²) in [6.07, 6.45) is 1.62. The number of hydrogen-bond acceptors (Lipinski definition) is 3. The quantitative estimate of drug-likeness (QED) is 0.787. The van der Waals surface area contributed by atoms with E-state index in [-0.39, 0.29) is 5.91 Å². The van der Waals surface area contributed by atoms with Gasteiger partial charge < -0.3 is 15.8 Å². The Balaban J connectivity index is 1.79. The minimum atomic E-state index is -0.418. The van der Waals surface area contributed by atoms with Crippen LogP contribution in [0, 0.1) is 0 Å². The first-order valence-electron chi connectivity index (χ1n) is 7.98. The fourth-order valence-electron chi connectivity index (χ4n) is 2.20. The highest BCUT2D eigenvalue weighted by atomic mass is 16.5. The maximum Gasteiger partial charge on any atom is 0.237 e. The van der Waals surface area contributed by atoms with Crippen LogP contribution in [-0.4, -0.2) is 11.9 Å². The minimum absolute atomic E-state index is 0.0941. The van der Waals surface area contributed by atoms with Crippen LogP contribution in [0.5, 0.6) is 5.75 Å². The van der Waals surface area contributed by atoms with E-state index in [4.69, 9.17) is 10.5 Å². The van der Waals surface area contributed by atoms with Gasteiger partial charge in [0.25, 0.3) is 0 Å². The lowest BCUT2D eigenvalue weighted by molar-refractivity contribution is -0.122. The Morgan fingerprint density at radius 2 is 1.74 bits per heavy atom. The van der Waals surface area contributed by atoms with Crippen LogP contribution in [0.1, 0.15) is 30.9 Å². The highest BCUT2D eigenvalue weighted by Crippen LogP contribution is 2.12. The van der Waals surface area contributed by atoms with Gasteiger partial charge in [0.2, 0.25) is 5.91 Å².